The third-order valence-corrected chi connectivity index (χ3v) is 7.02. The van der Waals surface area contributed by atoms with E-state index >= 15 is 0 Å². The number of ether oxygens (including phenoxy) is 1. The summed E-state index contributed by atoms with van der Waals surface area (Å²) in [5.74, 6) is 1.09. The number of nitrogens with zero attached hydrogens (tertiary/aromatic N) is 7. The van der Waals surface area contributed by atoms with Crippen LogP contribution in [0.1, 0.15) is 57.8 Å². The molecular weight excluding hydrogens is 476 g/mol. The Hall–Kier alpha value is -2.99. The van der Waals surface area contributed by atoms with Crippen LogP contribution in [0.25, 0.3) is 11.2 Å². The molecule has 2 aliphatic heterocycles. The summed E-state index contributed by atoms with van der Waals surface area (Å²) in [6, 6.07) is 0.293. The van der Waals surface area contributed by atoms with Crippen LogP contribution < -0.4 is 5.32 Å². The highest BCUT2D eigenvalue weighted by atomic mass is 16.6. The number of aromatic nitrogens is 4. The van der Waals surface area contributed by atoms with Gasteiger partial charge in [0, 0.05) is 44.6 Å². The second kappa shape index (κ2) is 12.0. The van der Waals surface area contributed by atoms with Crippen LogP contribution in [-0.4, -0.2) is 110 Å². The summed E-state index contributed by atoms with van der Waals surface area (Å²) >= 11 is 0. The van der Waals surface area contributed by atoms with E-state index in [2.05, 4.69) is 39.0 Å². The van der Waals surface area contributed by atoms with Crippen molar-refractivity contribution in [3.8, 4) is 0 Å². The quantitative estimate of drug-likeness (QED) is 0.513. The summed E-state index contributed by atoms with van der Waals surface area (Å²) in [6.45, 7) is 6.99. The Morgan fingerprint density at radius 2 is 1.89 bits per heavy atom. The molecule has 0 aromatic carbocycles. The van der Waals surface area contributed by atoms with Crippen LogP contribution in [0.15, 0.2) is 6.33 Å². The lowest BCUT2D eigenvalue weighted by Gasteiger charge is -2.32. The number of fused-ring (bicyclic) bond motifs is 1. The lowest BCUT2D eigenvalue weighted by molar-refractivity contribution is -0.130. The predicted molar refractivity (Wildman–Crippen MR) is 139 cm³/mol. The molecular formula is C25H40N8O4. The molecule has 0 radical (unpaired) electrons. The van der Waals surface area contributed by atoms with Gasteiger partial charge in [-0.15, -0.1) is 0 Å². The molecule has 2 aromatic rings. The number of rotatable bonds is 9. The topological polar surface area (TPSA) is 129 Å². The molecule has 37 heavy (non-hydrogen) atoms. The second-order valence-electron chi connectivity index (χ2n) is 10.5. The van der Waals surface area contributed by atoms with E-state index in [-0.39, 0.29) is 36.8 Å². The molecule has 2 amide bonds. The molecule has 2 N–H and O–H groups in total. The van der Waals surface area contributed by atoms with Gasteiger partial charge in [0.05, 0.1) is 12.9 Å². The zero-order valence-corrected chi connectivity index (χ0v) is 22.4. The molecule has 4 heterocycles. The molecule has 0 aliphatic carbocycles. The van der Waals surface area contributed by atoms with Crippen molar-refractivity contribution in [1.29, 1.82) is 0 Å². The van der Waals surface area contributed by atoms with Gasteiger partial charge < -0.3 is 34.4 Å². The number of piperidine rings is 1. The largest absolute Gasteiger partial charge is 0.444 e. The monoisotopic (exact) mass is 516 g/mol. The first kappa shape index (κ1) is 27.1. The van der Waals surface area contributed by atoms with E-state index in [0.29, 0.717) is 61.8 Å². The summed E-state index contributed by atoms with van der Waals surface area (Å²) < 4.78 is 7.70. The Balaban J connectivity index is 1.26. The number of carbonyl (C=O) groups is 2. The number of hydrogen-bond donors (Lipinski definition) is 2. The van der Waals surface area contributed by atoms with Gasteiger partial charge >= 0.3 is 6.09 Å². The first-order valence-corrected chi connectivity index (χ1v) is 13.2. The van der Waals surface area contributed by atoms with Gasteiger partial charge in [-0.3, -0.25) is 4.79 Å². The van der Waals surface area contributed by atoms with Crippen molar-refractivity contribution in [3.05, 3.63) is 12.2 Å². The Kier molecular flexibility index (Phi) is 8.80. The van der Waals surface area contributed by atoms with Crippen LogP contribution in [0, 0.1) is 0 Å². The number of aliphatic hydroxyl groups excluding tert-OH is 1. The van der Waals surface area contributed by atoms with Crippen molar-refractivity contribution >= 4 is 29.0 Å². The van der Waals surface area contributed by atoms with E-state index in [9.17, 15) is 14.7 Å². The summed E-state index contributed by atoms with van der Waals surface area (Å²) in [5.41, 5.74) is 1.37. The highest BCUT2D eigenvalue weighted by molar-refractivity contribution is 5.83. The Bertz CT molecular complexity index is 1080. The smallest absolute Gasteiger partial charge is 0.410 e. The van der Waals surface area contributed by atoms with Gasteiger partial charge in [-0.25, -0.2) is 19.7 Å². The number of carbonyl (C=O) groups excluding carboxylic acids is 2. The van der Waals surface area contributed by atoms with Crippen molar-refractivity contribution in [1.82, 2.24) is 34.2 Å². The van der Waals surface area contributed by atoms with Gasteiger partial charge in [0.15, 0.2) is 17.3 Å². The molecule has 0 bridgehead atoms. The van der Waals surface area contributed by atoms with Crippen molar-refractivity contribution in [2.45, 2.75) is 70.7 Å². The summed E-state index contributed by atoms with van der Waals surface area (Å²) in [7, 11) is 4.00. The van der Waals surface area contributed by atoms with Crippen LogP contribution in [0.3, 0.4) is 0 Å². The van der Waals surface area contributed by atoms with Gasteiger partial charge in [-0.1, -0.05) is 0 Å². The van der Waals surface area contributed by atoms with Crippen molar-refractivity contribution in [2.24, 2.45) is 0 Å². The molecule has 0 saturated carbocycles. The highest BCUT2D eigenvalue weighted by Gasteiger charge is 2.31. The first-order valence-electron chi connectivity index (χ1n) is 13.2. The minimum absolute atomic E-state index is 0.111. The van der Waals surface area contributed by atoms with Crippen molar-refractivity contribution in [2.75, 3.05) is 52.1 Å². The van der Waals surface area contributed by atoms with Gasteiger partial charge in [0.2, 0.25) is 5.91 Å². The summed E-state index contributed by atoms with van der Waals surface area (Å²) in [6.07, 6.45) is 4.70. The fraction of sp³-hybridized carbons (Fsp3) is 0.720. The van der Waals surface area contributed by atoms with Gasteiger partial charge in [0.25, 0.3) is 0 Å². The van der Waals surface area contributed by atoms with Crippen LogP contribution in [0.2, 0.25) is 0 Å². The van der Waals surface area contributed by atoms with Gasteiger partial charge in [0.1, 0.15) is 18.2 Å². The number of amides is 2. The van der Waals surface area contributed by atoms with Crippen molar-refractivity contribution < 1.29 is 19.4 Å². The van der Waals surface area contributed by atoms with Gasteiger partial charge in [-0.2, -0.15) is 0 Å². The van der Waals surface area contributed by atoms with Crippen LogP contribution in [-0.2, 0) is 16.1 Å². The lowest BCUT2D eigenvalue weighted by atomic mass is 10.1. The molecule has 12 heteroatoms. The van der Waals surface area contributed by atoms with E-state index in [1.54, 1.807) is 11.2 Å². The van der Waals surface area contributed by atoms with Crippen molar-refractivity contribution in [3.63, 3.8) is 0 Å². The molecule has 2 fully saturated rings. The zero-order valence-electron chi connectivity index (χ0n) is 22.4. The number of hydrogen-bond acceptors (Lipinski definition) is 9. The van der Waals surface area contributed by atoms with Gasteiger partial charge in [-0.05, 0) is 53.8 Å². The maximum absolute atomic E-state index is 12.8. The van der Waals surface area contributed by atoms with Crippen LogP contribution in [0.4, 0.5) is 10.6 Å². The number of anilines is 1. The SMILES string of the molecule is CC(C)n1cnc2c(NC3CCN(C(=O)O[C@H]4CCN(C(=O)CCCN(C)C)C4)CC3)nc(CO)nc21. The predicted octanol–water partition coefficient (Wildman–Crippen LogP) is 1.86. The fourth-order valence-electron chi connectivity index (χ4n) is 4.88. The number of nitrogens with one attached hydrogen (secondary N) is 1. The molecule has 2 saturated heterocycles. The molecule has 4 rings (SSSR count). The number of aliphatic hydroxyl groups is 1. The van der Waals surface area contributed by atoms with E-state index < -0.39 is 0 Å². The second-order valence-corrected chi connectivity index (χ2v) is 10.5. The van der Waals surface area contributed by atoms with E-state index in [0.717, 1.165) is 25.8 Å². The number of likely N-dealkylation sites (tertiary alicyclic amines) is 2. The molecule has 2 aromatic heterocycles. The first-order chi connectivity index (χ1) is 17.7. The zero-order chi connectivity index (χ0) is 26.5. The fourth-order valence-corrected chi connectivity index (χ4v) is 4.88. The molecule has 0 spiro atoms. The molecule has 204 valence electrons. The minimum atomic E-state index is -0.312. The summed E-state index contributed by atoms with van der Waals surface area (Å²) in [5, 5.41) is 13.1. The van der Waals surface area contributed by atoms with E-state index in [4.69, 9.17) is 4.74 Å². The maximum Gasteiger partial charge on any atom is 0.410 e. The standard InChI is InChI=1S/C25H40N8O4/c1-17(2)33-16-26-22-23(28-20(15-34)29-24(22)33)27-18-7-11-31(12-8-18)25(36)37-19-9-13-32(14-19)21(35)6-5-10-30(3)4/h16-19,34H,5-15H2,1-4H3,(H,27,28,29)/t19-/m0/s1. The normalized spacial score (nSPS) is 18.8. The molecule has 1 atom stereocenters. The molecule has 12 nitrogen and oxygen atoms in total. The highest BCUT2D eigenvalue weighted by Crippen LogP contribution is 2.25. The third-order valence-electron chi connectivity index (χ3n) is 7.02. The molecule has 0 unspecified atom stereocenters. The Morgan fingerprint density at radius 1 is 1.16 bits per heavy atom. The van der Waals surface area contributed by atoms with E-state index in [1.165, 1.54) is 0 Å². The minimum Gasteiger partial charge on any atom is -0.444 e. The average Bonchev–Trinajstić information content (AvgIpc) is 3.51. The van der Waals surface area contributed by atoms with Crippen LogP contribution >= 0.6 is 0 Å². The Labute approximate surface area is 218 Å². The third kappa shape index (κ3) is 6.67. The Morgan fingerprint density at radius 3 is 2.57 bits per heavy atom. The number of imidazole rings is 1. The van der Waals surface area contributed by atoms with Crippen LogP contribution in [0.5, 0.6) is 0 Å². The molecule has 2 aliphatic rings. The average molecular weight is 517 g/mol. The maximum atomic E-state index is 12.8. The lowest BCUT2D eigenvalue weighted by Crippen LogP contribution is -2.44. The summed E-state index contributed by atoms with van der Waals surface area (Å²) in [4.78, 5) is 44.3. The van der Waals surface area contributed by atoms with E-state index in [1.807, 2.05) is 23.6 Å².